The predicted molar refractivity (Wildman–Crippen MR) is 129 cm³/mol. The minimum Gasteiger partial charge on any atom is -0.455 e. The van der Waals surface area contributed by atoms with Gasteiger partial charge in [-0.25, -0.2) is 4.79 Å². The Morgan fingerprint density at radius 3 is 2.62 bits per heavy atom. The first-order chi connectivity index (χ1) is 16.2. The van der Waals surface area contributed by atoms with Gasteiger partial charge in [0, 0.05) is 12.3 Å². The Morgan fingerprint density at radius 1 is 1.18 bits per heavy atom. The number of hydrogen-bond acceptors (Lipinski definition) is 5. The van der Waals surface area contributed by atoms with Gasteiger partial charge in [0.15, 0.2) is 0 Å². The van der Waals surface area contributed by atoms with E-state index in [1.807, 2.05) is 42.5 Å². The summed E-state index contributed by atoms with van der Waals surface area (Å²) in [5.74, 6) is 0.0492. The maximum atomic E-state index is 13.5. The van der Waals surface area contributed by atoms with E-state index in [0.717, 1.165) is 23.6 Å². The van der Waals surface area contributed by atoms with Gasteiger partial charge in [0.05, 0.1) is 17.2 Å². The standard InChI is InChI=1S/C28H35NO5/c1-16(2)28-14-22(29-23(31)15-30)27(4,34-28)21-12-9-17(3)24(21)25(28)33-26(32)20-11-10-18-7-5-6-8-19(18)13-20/h5-8,10-11,13,16-17,21-22,24-25,30H,9,12,14-15H2,1-4H3,(H,29,31). The van der Waals surface area contributed by atoms with Crippen molar-refractivity contribution in [1.82, 2.24) is 5.32 Å². The van der Waals surface area contributed by atoms with Crippen LogP contribution in [0.2, 0.25) is 0 Å². The molecule has 1 aliphatic carbocycles. The summed E-state index contributed by atoms with van der Waals surface area (Å²) in [6, 6.07) is 13.4. The molecule has 2 heterocycles. The number of nitrogens with one attached hydrogen (secondary N) is 1. The fourth-order valence-corrected chi connectivity index (χ4v) is 7.07. The number of benzene rings is 2. The molecule has 6 heteroatoms. The number of fused-ring (bicyclic) bond motifs is 5. The van der Waals surface area contributed by atoms with Crippen molar-refractivity contribution in [2.45, 2.75) is 70.3 Å². The summed E-state index contributed by atoms with van der Waals surface area (Å²) < 4.78 is 13.3. The second-order valence-corrected chi connectivity index (χ2v) is 11.0. The molecular weight excluding hydrogens is 430 g/mol. The maximum absolute atomic E-state index is 13.5. The van der Waals surface area contributed by atoms with Crippen molar-refractivity contribution in [1.29, 1.82) is 0 Å². The average molecular weight is 466 g/mol. The van der Waals surface area contributed by atoms with Crippen molar-refractivity contribution < 1.29 is 24.2 Å². The molecule has 6 nitrogen and oxygen atoms in total. The lowest BCUT2D eigenvalue weighted by molar-refractivity contribution is -0.252. The number of carbonyl (C=O) groups excluding carboxylic acids is 2. The maximum Gasteiger partial charge on any atom is 0.338 e. The number of esters is 1. The Kier molecular flexibility index (Phi) is 5.72. The number of aliphatic hydroxyl groups is 1. The van der Waals surface area contributed by atoms with E-state index in [4.69, 9.17) is 9.47 Å². The third-order valence-electron chi connectivity index (χ3n) is 8.92. The summed E-state index contributed by atoms with van der Waals surface area (Å²) >= 11 is 0. The van der Waals surface area contributed by atoms with E-state index < -0.39 is 29.8 Å². The minimum absolute atomic E-state index is 0.0750. The molecule has 2 aliphatic heterocycles. The summed E-state index contributed by atoms with van der Waals surface area (Å²) in [5.41, 5.74) is -0.721. The lowest BCUT2D eigenvalue weighted by atomic mass is 9.69. The van der Waals surface area contributed by atoms with E-state index in [1.54, 1.807) is 0 Å². The molecule has 3 fully saturated rings. The molecule has 0 radical (unpaired) electrons. The minimum atomic E-state index is -0.700. The zero-order chi connectivity index (χ0) is 24.3. The van der Waals surface area contributed by atoms with E-state index in [-0.39, 0.29) is 29.8 Å². The quantitative estimate of drug-likeness (QED) is 0.650. The number of amides is 1. The predicted octanol–water partition coefficient (Wildman–Crippen LogP) is 4.09. The first kappa shape index (κ1) is 23.3. The monoisotopic (exact) mass is 465 g/mol. The highest BCUT2D eigenvalue weighted by atomic mass is 16.6. The van der Waals surface area contributed by atoms with Crippen LogP contribution in [0.1, 0.15) is 57.3 Å². The highest BCUT2D eigenvalue weighted by Crippen LogP contribution is 2.62. The van der Waals surface area contributed by atoms with Crippen LogP contribution in [0.5, 0.6) is 0 Å². The van der Waals surface area contributed by atoms with Gasteiger partial charge in [0.25, 0.3) is 0 Å². The molecule has 2 aromatic rings. The Bertz CT molecular complexity index is 1110. The molecule has 1 amide bonds. The fraction of sp³-hybridized carbons (Fsp3) is 0.571. The Labute approximate surface area is 201 Å². The van der Waals surface area contributed by atoms with Gasteiger partial charge in [0.1, 0.15) is 18.3 Å². The van der Waals surface area contributed by atoms with Crippen LogP contribution in [0, 0.1) is 23.7 Å². The number of carbonyl (C=O) groups is 2. The zero-order valence-electron chi connectivity index (χ0n) is 20.4. The summed E-state index contributed by atoms with van der Waals surface area (Å²) in [4.78, 5) is 25.7. The molecule has 182 valence electrons. The van der Waals surface area contributed by atoms with Crippen LogP contribution in [0.15, 0.2) is 42.5 Å². The van der Waals surface area contributed by atoms with Crippen molar-refractivity contribution >= 4 is 22.6 Å². The molecule has 34 heavy (non-hydrogen) atoms. The number of aliphatic hydroxyl groups excluding tert-OH is 1. The average Bonchev–Trinajstić information content (AvgIpc) is 3.34. The molecule has 1 saturated carbocycles. The summed E-state index contributed by atoms with van der Waals surface area (Å²) in [7, 11) is 0. The summed E-state index contributed by atoms with van der Waals surface area (Å²) in [6.45, 7) is 7.99. The highest BCUT2D eigenvalue weighted by molar-refractivity contribution is 5.95. The SMILES string of the molecule is CC1CCC2C1C(OC(=O)c1ccc3ccccc3c1)C1(C(C)C)CC(NC(=O)CO)C2(C)O1. The first-order valence-corrected chi connectivity index (χ1v) is 12.5. The van der Waals surface area contributed by atoms with Crippen LogP contribution in [0.4, 0.5) is 0 Å². The topological polar surface area (TPSA) is 84.9 Å². The van der Waals surface area contributed by atoms with Gasteiger partial charge in [-0.2, -0.15) is 0 Å². The largest absolute Gasteiger partial charge is 0.455 e. The molecule has 2 bridgehead atoms. The van der Waals surface area contributed by atoms with Gasteiger partial charge < -0.3 is 19.9 Å². The van der Waals surface area contributed by atoms with Gasteiger partial charge in [-0.05, 0) is 60.4 Å². The number of rotatable bonds is 5. The fourth-order valence-electron chi connectivity index (χ4n) is 7.07. The second kappa shape index (κ2) is 8.35. The third kappa shape index (κ3) is 3.45. The van der Waals surface area contributed by atoms with E-state index in [0.29, 0.717) is 17.9 Å². The molecule has 2 N–H and O–H groups in total. The van der Waals surface area contributed by atoms with Gasteiger partial charge in [-0.3, -0.25) is 4.79 Å². The lowest BCUT2D eigenvalue weighted by Gasteiger charge is -2.53. The van der Waals surface area contributed by atoms with Crippen LogP contribution >= 0.6 is 0 Å². The Hall–Kier alpha value is -2.44. The van der Waals surface area contributed by atoms with Crippen molar-refractivity contribution in [3.8, 4) is 0 Å². The molecule has 2 aromatic carbocycles. The molecule has 0 aromatic heterocycles. The molecule has 2 saturated heterocycles. The normalized spacial score (nSPS) is 36.5. The zero-order valence-corrected chi connectivity index (χ0v) is 20.4. The van der Waals surface area contributed by atoms with Crippen molar-refractivity contribution in [2.75, 3.05) is 6.61 Å². The van der Waals surface area contributed by atoms with Gasteiger partial charge >= 0.3 is 5.97 Å². The van der Waals surface area contributed by atoms with E-state index in [2.05, 4.69) is 33.0 Å². The molecule has 3 aliphatic rings. The van der Waals surface area contributed by atoms with Crippen LogP contribution < -0.4 is 5.32 Å². The summed E-state index contributed by atoms with van der Waals surface area (Å²) in [5, 5.41) is 14.5. The van der Waals surface area contributed by atoms with Crippen molar-refractivity contribution in [3.05, 3.63) is 48.0 Å². The number of hydrogen-bond donors (Lipinski definition) is 2. The van der Waals surface area contributed by atoms with Crippen LogP contribution in [-0.2, 0) is 14.3 Å². The van der Waals surface area contributed by atoms with Crippen LogP contribution in [0.25, 0.3) is 10.8 Å². The van der Waals surface area contributed by atoms with E-state index in [9.17, 15) is 14.7 Å². The molecule has 7 unspecified atom stereocenters. The van der Waals surface area contributed by atoms with Crippen LogP contribution in [-0.4, -0.2) is 46.9 Å². The van der Waals surface area contributed by atoms with Gasteiger partial charge in [0.2, 0.25) is 5.91 Å². The van der Waals surface area contributed by atoms with E-state index >= 15 is 0 Å². The van der Waals surface area contributed by atoms with Crippen LogP contribution in [0.3, 0.4) is 0 Å². The molecule has 7 atom stereocenters. The lowest BCUT2D eigenvalue weighted by Crippen LogP contribution is -2.63. The van der Waals surface area contributed by atoms with Gasteiger partial charge in [-0.1, -0.05) is 51.1 Å². The summed E-state index contributed by atoms with van der Waals surface area (Å²) in [6.07, 6.45) is 2.15. The molecular formula is C28H35NO5. The highest BCUT2D eigenvalue weighted by Gasteiger charge is 2.71. The van der Waals surface area contributed by atoms with Crippen molar-refractivity contribution in [2.24, 2.45) is 23.7 Å². The Morgan fingerprint density at radius 2 is 1.91 bits per heavy atom. The van der Waals surface area contributed by atoms with Crippen molar-refractivity contribution in [3.63, 3.8) is 0 Å². The smallest absolute Gasteiger partial charge is 0.338 e. The molecule has 0 spiro atoms. The second-order valence-electron chi connectivity index (χ2n) is 11.0. The van der Waals surface area contributed by atoms with E-state index in [1.165, 1.54) is 0 Å². The first-order valence-electron chi connectivity index (χ1n) is 12.5. The Balaban J connectivity index is 1.52. The third-order valence-corrected chi connectivity index (χ3v) is 8.92. The van der Waals surface area contributed by atoms with Gasteiger partial charge in [-0.15, -0.1) is 0 Å². The molecule has 5 rings (SSSR count). The number of ether oxygens (including phenoxy) is 2.